The topological polar surface area (TPSA) is 49.8 Å². The van der Waals surface area contributed by atoms with Gasteiger partial charge in [-0.3, -0.25) is 9.97 Å². The minimum absolute atomic E-state index is 0.729. The lowest BCUT2D eigenvalue weighted by Crippen LogP contribution is -2.02. The molecular weight excluding hydrogens is 499 g/mol. The summed E-state index contributed by atoms with van der Waals surface area (Å²) in [7, 11) is 0. The Morgan fingerprint density at radius 2 is 0.865 bits per heavy atom. The summed E-state index contributed by atoms with van der Waals surface area (Å²) in [5.74, 6) is 0. The van der Waals surface area contributed by atoms with Gasteiger partial charge in [0.25, 0.3) is 0 Å². The first-order chi connectivity index (χ1) is 18.2. The SMILES string of the molecule is Clc1ccc2c(NCCCCCCCCCCCCCNc3ccnc4cc(Cl)ccc34)ccnc2c1. The van der Waals surface area contributed by atoms with Crippen molar-refractivity contribution in [2.24, 2.45) is 0 Å². The fraction of sp³-hybridized carbons (Fsp3) is 0.419. The van der Waals surface area contributed by atoms with Crippen LogP contribution < -0.4 is 10.6 Å². The normalized spacial score (nSPS) is 11.3. The Hall–Kier alpha value is -2.56. The number of unbranched alkanes of at least 4 members (excludes halogenated alkanes) is 10. The molecule has 4 rings (SSSR count). The molecule has 196 valence electrons. The summed E-state index contributed by atoms with van der Waals surface area (Å²) in [5, 5.41) is 10.9. The van der Waals surface area contributed by atoms with Crippen LogP contribution in [-0.2, 0) is 0 Å². The zero-order valence-corrected chi connectivity index (χ0v) is 23.1. The number of halogens is 2. The molecule has 37 heavy (non-hydrogen) atoms. The van der Waals surface area contributed by atoms with E-state index in [1.165, 1.54) is 70.6 Å². The van der Waals surface area contributed by atoms with Crippen molar-refractivity contribution in [1.29, 1.82) is 0 Å². The molecule has 0 spiro atoms. The van der Waals surface area contributed by atoms with E-state index >= 15 is 0 Å². The standard InChI is InChI=1S/C31H38Cl2N4/c32-24-12-14-26-28(16-20-36-30(26)22-24)34-18-10-8-6-4-2-1-3-5-7-9-11-19-35-29-17-21-37-31-23-25(33)13-15-27(29)31/h12-17,20-23H,1-11,18-19H2,(H,34,36)(H,35,37). The van der Waals surface area contributed by atoms with E-state index in [0.29, 0.717) is 0 Å². The molecule has 0 saturated heterocycles. The predicted molar refractivity (Wildman–Crippen MR) is 161 cm³/mol. The molecule has 0 atom stereocenters. The molecule has 4 aromatic rings. The van der Waals surface area contributed by atoms with E-state index < -0.39 is 0 Å². The van der Waals surface area contributed by atoms with Crippen molar-refractivity contribution in [3.05, 3.63) is 71.0 Å². The van der Waals surface area contributed by atoms with Crippen LogP contribution in [-0.4, -0.2) is 23.1 Å². The van der Waals surface area contributed by atoms with E-state index in [-0.39, 0.29) is 0 Å². The quantitative estimate of drug-likeness (QED) is 0.140. The Morgan fingerprint density at radius 1 is 0.486 bits per heavy atom. The van der Waals surface area contributed by atoms with Gasteiger partial charge in [0, 0.05) is 57.7 Å². The van der Waals surface area contributed by atoms with Crippen LogP contribution in [0.2, 0.25) is 10.0 Å². The fourth-order valence-electron chi connectivity index (χ4n) is 4.84. The number of benzene rings is 2. The number of anilines is 2. The Morgan fingerprint density at radius 3 is 1.27 bits per heavy atom. The number of hydrogen-bond donors (Lipinski definition) is 2. The lowest BCUT2D eigenvalue weighted by atomic mass is 10.1. The maximum Gasteiger partial charge on any atom is 0.0737 e. The molecule has 2 heterocycles. The predicted octanol–water partition coefficient (Wildman–Crippen LogP) is 9.90. The Bertz CT molecular complexity index is 1160. The van der Waals surface area contributed by atoms with E-state index in [1.807, 2.05) is 60.9 Å². The van der Waals surface area contributed by atoms with Gasteiger partial charge in [-0.25, -0.2) is 0 Å². The number of fused-ring (bicyclic) bond motifs is 2. The number of nitrogens with one attached hydrogen (secondary N) is 2. The Kier molecular flexibility index (Phi) is 11.1. The minimum Gasteiger partial charge on any atom is -0.384 e. The van der Waals surface area contributed by atoms with Gasteiger partial charge in [0.15, 0.2) is 0 Å². The van der Waals surface area contributed by atoms with E-state index in [1.54, 1.807) is 0 Å². The molecule has 0 bridgehead atoms. The van der Waals surface area contributed by atoms with Crippen LogP contribution in [0.1, 0.15) is 70.6 Å². The third kappa shape index (κ3) is 8.76. The van der Waals surface area contributed by atoms with Crippen molar-refractivity contribution in [2.45, 2.75) is 70.6 Å². The maximum atomic E-state index is 6.08. The number of pyridine rings is 2. The van der Waals surface area contributed by atoms with Crippen LogP contribution in [0.4, 0.5) is 11.4 Å². The maximum absolute atomic E-state index is 6.08. The number of hydrogen-bond acceptors (Lipinski definition) is 4. The number of rotatable bonds is 16. The lowest BCUT2D eigenvalue weighted by molar-refractivity contribution is 0.550. The summed E-state index contributed by atoms with van der Waals surface area (Å²) in [4.78, 5) is 8.82. The van der Waals surface area contributed by atoms with Crippen molar-refractivity contribution >= 4 is 56.4 Å². The Balaban J connectivity index is 0.965. The molecule has 2 N–H and O–H groups in total. The van der Waals surface area contributed by atoms with Gasteiger partial charge >= 0.3 is 0 Å². The molecule has 2 aromatic heterocycles. The first-order valence-electron chi connectivity index (χ1n) is 13.8. The highest BCUT2D eigenvalue weighted by Gasteiger charge is 2.03. The first-order valence-corrected chi connectivity index (χ1v) is 14.5. The van der Waals surface area contributed by atoms with Gasteiger partial charge in [-0.15, -0.1) is 0 Å². The van der Waals surface area contributed by atoms with Gasteiger partial charge < -0.3 is 10.6 Å². The Labute approximate surface area is 231 Å². The zero-order chi connectivity index (χ0) is 25.7. The third-order valence-electron chi connectivity index (χ3n) is 6.89. The van der Waals surface area contributed by atoms with Crippen molar-refractivity contribution in [3.63, 3.8) is 0 Å². The summed E-state index contributed by atoms with van der Waals surface area (Å²) in [6.45, 7) is 2.00. The van der Waals surface area contributed by atoms with Gasteiger partial charge in [-0.1, -0.05) is 81.0 Å². The van der Waals surface area contributed by atoms with Gasteiger partial charge in [0.05, 0.1) is 11.0 Å². The van der Waals surface area contributed by atoms with Crippen LogP contribution in [0.25, 0.3) is 21.8 Å². The molecule has 0 saturated carbocycles. The molecule has 0 radical (unpaired) electrons. The van der Waals surface area contributed by atoms with E-state index in [0.717, 1.165) is 56.3 Å². The molecular formula is C31H38Cl2N4. The van der Waals surface area contributed by atoms with Gasteiger partial charge in [-0.05, 0) is 61.4 Å². The second-order valence-corrected chi connectivity index (χ2v) is 10.7. The molecule has 6 heteroatoms. The van der Waals surface area contributed by atoms with Crippen LogP contribution in [0.5, 0.6) is 0 Å². The molecule has 0 amide bonds. The summed E-state index contributed by atoms with van der Waals surface area (Å²) < 4.78 is 0. The number of aromatic nitrogens is 2. The molecule has 4 nitrogen and oxygen atoms in total. The lowest BCUT2D eigenvalue weighted by Gasteiger charge is -2.10. The summed E-state index contributed by atoms with van der Waals surface area (Å²) in [6, 6.07) is 15.9. The summed E-state index contributed by atoms with van der Waals surface area (Å²) >= 11 is 12.2. The molecule has 2 aromatic carbocycles. The molecule has 0 aliphatic carbocycles. The third-order valence-corrected chi connectivity index (χ3v) is 7.36. The van der Waals surface area contributed by atoms with Crippen LogP contribution in [0.15, 0.2) is 60.9 Å². The smallest absolute Gasteiger partial charge is 0.0737 e. The summed E-state index contributed by atoms with van der Waals surface area (Å²) in [5.41, 5.74) is 4.18. The van der Waals surface area contributed by atoms with Crippen molar-refractivity contribution < 1.29 is 0 Å². The van der Waals surface area contributed by atoms with Gasteiger partial charge in [0.2, 0.25) is 0 Å². The average molecular weight is 538 g/mol. The van der Waals surface area contributed by atoms with Crippen LogP contribution >= 0.6 is 23.2 Å². The van der Waals surface area contributed by atoms with Gasteiger partial charge in [0.1, 0.15) is 0 Å². The second kappa shape index (κ2) is 15.0. The van der Waals surface area contributed by atoms with E-state index in [2.05, 4.69) is 20.6 Å². The van der Waals surface area contributed by atoms with Crippen LogP contribution in [0.3, 0.4) is 0 Å². The highest BCUT2D eigenvalue weighted by molar-refractivity contribution is 6.31. The molecule has 0 unspecified atom stereocenters. The fourth-order valence-corrected chi connectivity index (χ4v) is 5.17. The molecule has 0 aliphatic heterocycles. The monoisotopic (exact) mass is 536 g/mol. The van der Waals surface area contributed by atoms with Crippen molar-refractivity contribution in [3.8, 4) is 0 Å². The van der Waals surface area contributed by atoms with Crippen molar-refractivity contribution in [2.75, 3.05) is 23.7 Å². The van der Waals surface area contributed by atoms with E-state index in [9.17, 15) is 0 Å². The van der Waals surface area contributed by atoms with Gasteiger partial charge in [-0.2, -0.15) is 0 Å². The van der Waals surface area contributed by atoms with Crippen LogP contribution in [0, 0.1) is 0 Å². The largest absolute Gasteiger partial charge is 0.384 e. The minimum atomic E-state index is 0.729. The molecule has 0 fully saturated rings. The first kappa shape index (κ1) is 27.5. The second-order valence-electron chi connectivity index (χ2n) is 9.78. The average Bonchev–Trinajstić information content (AvgIpc) is 2.90. The van der Waals surface area contributed by atoms with Crippen molar-refractivity contribution in [1.82, 2.24) is 9.97 Å². The zero-order valence-electron chi connectivity index (χ0n) is 21.6. The summed E-state index contributed by atoms with van der Waals surface area (Å²) in [6.07, 6.45) is 18.1. The highest BCUT2D eigenvalue weighted by Crippen LogP contribution is 2.25. The highest BCUT2D eigenvalue weighted by atomic mass is 35.5. The molecule has 0 aliphatic rings. The van der Waals surface area contributed by atoms with E-state index in [4.69, 9.17) is 23.2 Å². The number of nitrogens with zero attached hydrogens (tertiary/aromatic N) is 2.